The predicted molar refractivity (Wildman–Crippen MR) is 109 cm³/mol. The summed E-state index contributed by atoms with van der Waals surface area (Å²) in [5.74, 6) is 0.916. The molecule has 4 rings (SSSR count). The van der Waals surface area contributed by atoms with E-state index in [0.717, 1.165) is 23.0 Å². The Bertz CT molecular complexity index is 1130. The summed E-state index contributed by atoms with van der Waals surface area (Å²) in [6.45, 7) is 5.04. The van der Waals surface area contributed by atoms with E-state index in [4.69, 9.17) is 5.26 Å². The number of benzene rings is 2. The number of nitriles is 1. The number of nitrogens with zero attached hydrogens (tertiary/aromatic N) is 3. The molecule has 1 aromatic heterocycles. The molecule has 6 nitrogen and oxygen atoms in total. The Morgan fingerprint density at radius 2 is 1.93 bits per heavy atom. The number of nitrogens with one attached hydrogen (secondary N) is 1. The van der Waals surface area contributed by atoms with Gasteiger partial charge in [0.15, 0.2) is 6.29 Å². The first-order valence-corrected chi connectivity index (χ1v) is 9.42. The van der Waals surface area contributed by atoms with Crippen LogP contribution in [0.3, 0.4) is 0 Å². The van der Waals surface area contributed by atoms with Crippen LogP contribution in [-0.2, 0) is 0 Å². The van der Waals surface area contributed by atoms with Crippen LogP contribution in [0.25, 0.3) is 11.3 Å². The fourth-order valence-electron chi connectivity index (χ4n) is 3.69. The number of likely N-dealkylation sites (tertiary alicyclic amines) is 1. The SMILES string of the molecule is Cc1nc(C=O)c(-c2cc(C(=O)N3CC(c4ccc(C#N)cc4)C3)ccc2C)[nH]1. The van der Waals surface area contributed by atoms with E-state index in [-0.39, 0.29) is 11.8 Å². The van der Waals surface area contributed by atoms with Crippen LogP contribution in [0.5, 0.6) is 0 Å². The van der Waals surface area contributed by atoms with Gasteiger partial charge in [-0.2, -0.15) is 5.26 Å². The Balaban J connectivity index is 1.53. The van der Waals surface area contributed by atoms with Crippen LogP contribution in [0.15, 0.2) is 42.5 Å². The van der Waals surface area contributed by atoms with Crippen molar-refractivity contribution >= 4 is 12.2 Å². The Morgan fingerprint density at radius 3 is 2.59 bits per heavy atom. The number of rotatable bonds is 4. The number of carbonyl (C=O) groups excluding carboxylic acids is 2. The van der Waals surface area contributed by atoms with Gasteiger partial charge < -0.3 is 9.88 Å². The lowest BCUT2D eigenvalue weighted by molar-refractivity contribution is 0.0602. The highest BCUT2D eigenvalue weighted by Crippen LogP contribution is 2.30. The lowest BCUT2D eigenvalue weighted by Gasteiger charge is -2.39. The van der Waals surface area contributed by atoms with Crippen molar-refractivity contribution in [3.8, 4) is 17.3 Å². The highest BCUT2D eigenvalue weighted by molar-refractivity contribution is 5.97. The Labute approximate surface area is 168 Å². The van der Waals surface area contributed by atoms with E-state index in [1.54, 1.807) is 6.92 Å². The molecule has 0 unspecified atom stereocenters. The molecule has 1 amide bonds. The van der Waals surface area contributed by atoms with Gasteiger partial charge in [0, 0.05) is 30.1 Å². The second kappa shape index (κ2) is 7.36. The zero-order valence-corrected chi connectivity index (χ0v) is 16.3. The largest absolute Gasteiger partial charge is 0.342 e. The maximum absolute atomic E-state index is 12.9. The lowest BCUT2D eigenvalue weighted by Crippen LogP contribution is -2.48. The Morgan fingerprint density at radius 1 is 1.21 bits per heavy atom. The summed E-state index contributed by atoms with van der Waals surface area (Å²) in [5.41, 5.74) is 5.13. The van der Waals surface area contributed by atoms with Gasteiger partial charge in [-0.05, 0) is 49.2 Å². The van der Waals surface area contributed by atoms with Gasteiger partial charge in [0.1, 0.15) is 11.5 Å². The van der Waals surface area contributed by atoms with Crippen molar-refractivity contribution in [1.82, 2.24) is 14.9 Å². The monoisotopic (exact) mass is 384 g/mol. The van der Waals surface area contributed by atoms with Gasteiger partial charge in [0.05, 0.1) is 17.3 Å². The van der Waals surface area contributed by atoms with Crippen molar-refractivity contribution in [3.05, 3.63) is 76.2 Å². The number of hydrogen-bond donors (Lipinski definition) is 1. The first kappa shape index (κ1) is 18.6. The normalized spacial score (nSPS) is 13.6. The molecule has 2 heterocycles. The third-order valence-corrected chi connectivity index (χ3v) is 5.40. The van der Waals surface area contributed by atoms with Gasteiger partial charge >= 0.3 is 0 Å². The minimum atomic E-state index is -0.0277. The molecule has 1 aliphatic rings. The zero-order valence-electron chi connectivity index (χ0n) is 16.3. The topological polar surface area (TPSA) is 89.8 Å². The Kier molecular flexibility index (Phi) is 4.73. The molecule has 29 heavy (non-hydrogen) atoms. The van der Waals surface area contributed by atoms with Crippen molar-refractivity contribution in [1.29, 1.82) is 5.26 Å². The van der Waals surface area contributed by atoms with Gasteiger partial charge in [0.25, 0.3) is 5.91 Å². The van der Waals surface area contributed by atoms with Crippen LogP contribution in [0.2, 0.25) is 0 Å². The van der Waals surface area contributed by atoms with Gasteiger partial charge in [-0.25, -0.2) is 4.98 Å². The van der Waals surface area contributed by atoms with Crippen LogP contribution in [0, 0.1) is 25.2 Å². The molecular formula is C23H20N4O2. The van der Waals surface area contributed by atoms with Crippen molar-refractivity contribution in [2.45, 2.75) is 19.8 Å². The number of aryl methyl sites for hydroxylation is 2. The molecule has 0 saturated carbocycles. The van der Waals surface area contributed by atoms with Gasteiger partial charge in [0.2, 0.25) is 0 Å². The summed E-state index contributed by atoms with van der Waals surface area (Å²) >= 11 is 0. The third kappa shape index (κ3) is 3.43. The summed E-state index contributed by atoms with van der Waals surface area (Å²) in [7, 11) is 0. The quantitative estimate of drug-likeness (QED) is 0.696. The molecule has 0 aliphatic carbocycles. The van der Waals surface area contributed by atoms with E-state index in [1.807, 2.05) is 54.3 Å². The first-order chi connectivity index (χ1) is 14.0. The second-order valence-electron chi connectivity index (χ2n) is 7.37. The van der Waals surface area contributed by atoms with Crippen LogP contribution >= 0.6 is 0 Å². The van der Waals surface area contributed by atoms with Crippen LogP contribution in [0.4, 0.5) is 0 Å². The molecular weight excluding hydrogens is 364 g/mol. The van der Waals surface area contributed by atoms with Crippen LogP contribution < -0.4 is 0 Å². The molecule has 0 radical (unpaired) electrons. The van der Waals surface area contributed by atoms with Crippen molar-refractivity contribution in [2.24, 2.45) is 0 Å². The molecule has 1 saturated heterocycles. The number of H-pyrrole nitrogens is 1. The standard InChI is InChI=1S/C23H20N4O2/c1-14-3-6-18(9-20(14)22-21(13-28)25-15(2)26-22)23(29)27-11-19(12-27)17-7-4-16(10-24)5-8-17/h3-9,13,19H,11-12H2,1-2H3,(H,25,26). The summed E-state index contributed by atoms with van der Waals surface area (Å²) < 4.78 is 0. The molecule has 1 aliphatic heterocycles. The summed E-state index contributed by atoms with van der Waals surface area (Å²) in [4.78, 5) is 33.4. The number of aromatic nitrogens is 2. The fraction of sp³-hybridized carbons (Fsp3) is 0.217. The lowest BCUT2D eigenvalue weighted by atomic mass is 9.90. The van der Waals surface area contributed by atoms with Gasteiger partial charge in [-0.1, -0.05) is 18.2 Å². The fourth-order valence-corrected chi connectivity index (χ4v) is 3.69. The van der Waals surface area contributed by atoms with Crippen molar-refractivity contribution < 1.29 is 9.59 Å². The molecule has 0 atom stereocenters. The van der Waals surface area contributed by atoms with E-state index in [9.17, 15) is 9.59 Å². The molecule has 6 heteroatoms. The van der Waals surface area contributed by atoms with Crippen molar-refractivity contribution in [2.75, 3.05) is 13.1 Å². The minimum absolute atomic E-state index is 0.0277. The van der Waals surface area contributed by atoms with E-state index in [0.29, 0.717) is 41.4 Å². The molecule has 0 bridgehead atoms. The highest BCUT2D eigenvalue weighted by Gasteiger charge is 2.32. The van der Waals surface area contributed by atoms with Gasteiger partial charge in [-0.3, -0.25) is 9.59 Å². The van der Waals surface area contributed by atoms with E-state index in [1.165, 1.54) is 0 Å². The van der Waals surface area contributed by atoms with Gasteiger partial charge in [-0.15, -0.1) is 0 Å². The number of amides is 1. The third-order valence-electron chi connectivity index (χ3n) is 5.40. The summed E-state index contributed by atoms with van der Waals surface area (Å²) in [6, 6.07) is 15.2. The first-order valence-electron chi connectivity index (χ1n) is 9.42. The molecule has 1 fully saturated rings. The molecule has 1 N–H and O–H groups in total. The maximum atomic E-state index is 12.9. The number of aromatic amines is 1. The van der Waals surface area contributed by atoms with E-state index >= 15 is 0 Å². The van der Waals surface area contributed by atoms with Crippen molar-refractivity contribution in [3.63, 3.8) is 0 Å². The predicted octanol–water partition coefficient (Wildman–Crippen LogP) is 3.62. The number of imidazole rings is 1. The maximum Gasteiger partial charge on any atom is 0.253 e. The van der Waals surface area contributed by atoms with Crippen LogP contribution in [-0.4, -0.2) is 40.2 Å². The Hall–Kier alpha value is -3.72. The smallest absolute Gasteiger partial charge is 0.253 e. The summed E-state index contributed by atoms with van der Waals surface area (Å²) in [5, 5.41) is 8.91. The average Bonchev–Trinajstić information content (AvgIpc) is 3.08. The van der Waals surface area contributed by atoms with Crippen LogP contribution in [0.1, 0.15) is 49.3 Å². The minimum Gasteiger partial charge on any atom is -0.342 e. The summed E-state index contributed by atoms with van der Waals surface area (Å²) in [6.07, 6.45) is 0.727. The average molecular weight is 384 g/mol. The highest BCUT2D eigenvalue weighted by atomic mass is 16.2. The number of carbonyl (C=O) groups is 2. The van der Waals surface area contributed by atoms with E-state index in [2.05, 4.69) is 16.0 Å². The molecule has 0 spiro atoms. The molecule has 3 aromatic rings. The molecule has 144 valence electrons. The number of aldehydes is 1. The zero-order chi connectivity index (χ0) is 20.5. The van der Waals surface area contributed by atoms with E-state index < -0.39 is 0 Å². The second-order valence-corrected chi connectivity index (χ2v) is 7.37. The number of hydrogen-bond acceptors (Lipinski definition) is 4. The molecule has 2 aromatic carbocycles.